The van der Waals surface area contributed by atoms with Gasteiger partial charge in [-0.05, 0) is 17.2 Å². The number of rotatable bonds is 4. The normalized spacial score (nSPS) is 10.7. The molecule has 1 aromatic heterocycles. The van der Waals surface area contributed by atoms with Crippen LogP contribution in [0.4, 0.5) is 0 Å². The van der Waals surface area contributed by atoms with E-state index in [9.17, 15) is 4.79 Å². The molecular weight excluding hydrogens is 340 g/mol. The first-order chi connectivity index (χ1) is 13.2. The number of benzene rings is 3. The van der Waals surface area contributed by atoms with Gasteiger partial charge in [-0.1, -0.05) is 48.5 Å². The highest BCUT2D eigenvalue weighted by Gasteiger charge is 2.14. The SMILES string of the molecule is COc1cc(OC)c2c(=O)cc(-c3cccc(-c4ccccc4)c3)oc2c1. The van der Waals surface area contributed by atoms with Crippen molar-refractivity contribution in [1.29, 1.82) is 0 Å². The molecule has 0 N–H and O–H groups in total. The molecule has 0 atom stereocenters. The van der Waals surface area contributed by atoms with Crippen LogP contribution in [-0.4, -0.2) is 14.2 Å². The largest absolute Gasteiger partial charge is 0.496 e. The molecule has 4 aromatic rings. The zero-order valence-electron chi connectivity index (χ0n) is 15.1. The van der Waals surface area contributed by atoms with Crippen LogP contribution in [0.3, 0.4) is 0 Å². The van der Waals surface area contributed by atoms with Crippen molar-refractivity contribution in [1.82, 2.24) is 0 Å². The molecule has 0 spiro atoms. The lowest BCUT2D eigenvalue weighted by molar-refractivity contribution is 0.396. The van der Waals surface area contributed by atoms with Crippen LogP contribution in [0.5, 0.6) is 11.5 Å². The Morgan fingerprint density at radius 2 is 1.48 bits per heavy atom. The maximum absolute atomic E-state index is 12.7. The van der Waals surface area contributed by atoms with Crippen LogP contribution in [0.15, 0.2) is 82.0 Å². The third kappa shape index (κ3) is 3.17. The van der Waals surface area contributed by atoms with Gasteiger partial charge >= 0.3 is 0 Å². The average Bonchev–Trinajstić information content (AvgIpc) is 2.73. The first-order valence-corrected chi connectivity index (χ1v) is 8.55. The molecule has 27 heavy (non-hydrogen) atoms. The molecule has 0 saturated heterocycles. The van der Waals surface area contributed by atoms with E-state index in [2.05, 4.69) is 0 Å². The van der Waals surface area contributed by atoms with E-state index < -0.39 is 0 Å². The molecule has 4 rings (SSSR count). The van der Waals surface area contributed by atoms with Gasteiger partial charge in [-0.15, -0.1) is 0 Å². The van der Waals surface area contributed by atoms with Gasteiger partial charge in [0.05, 0.1) is 14.2 Å². The summed E-state index contributed by atoms with van der Waals surface area (Å²) >= 11 is 0. The Morgan fingerprint density at radius 3 is 2.22 bits per heavy atom. The molecule has 0 aliphatic rings. The Balaban J connectivity index is 1.89. The minimum Gasteiger partial charge on any atom is -0.496 e. The van der Waals surface area contributed by atoms with E-state index in [1.165, 1.54) is 13.2 Å². The fourth-order valence-corrected chi connectivity index (χ4v) is 3.13. The maximum Gasteiger partial charge on any atom is 0.197 e. The zero-order chi connectivity index (χ0) is 18.8. The van der Waals surface area contributed by atoms with E-state index in [1.807, 2.05) is 54.6 Å². The summed E-state index contributed by atoms with van der Waals surface area (Å²) < 4.78 is 16.7. The summed E-state index contributed by atoms with van der Waals surface area (Å²) in [5.74, 6) is 1.50. The van der Waals surface area contributed by atoms with Gasteiger partial charge in [0.2, 0.25) is 0 Å². The zero-order valence-corrected chi connectivity index (χ0v) is 15.1. The van der Waals surface area contributed by atoms with Crippen LogP contribution in [-0.2, 0) is 0 Å². The number of hydrogen-bond acceptors (Lipinski definition) is 4. The first kappa shape index (κ1) is 16.9. The smallest absolute Gasteiger partial charge is 0.197 e. The summed E-state index contributed by atoms with van der Waals surface area (Å²) in [6.45, 7) is 0. The molecule has 0 saturated carbocycles. The van der Waals surface area contributed by atoms with Gasteiger partial charge in [-0.3, -0.25) is 4.79 Å². The fraction of sp³-hybridized carbons (Fsp3) is 0.0870. The third-order valence-electron chi connectivity index (χ3n) is 4.48. The molecule has 4 nitrogen and oxygen atoms in total. The van der Waals surface area contributed by atoms with Crippen LogP contribution < -0.4 is 14.9 Å². The molecule has 0 aliphatic carbocycles. The van der Waals surface area contributed by atoms with Crippen LogP contribution in [0, 0.1) is 0 Å². The highest BCUT2D eigenvalue weighted by atomic mass is 16.5. The molecule has 0 bridgehead atoms. The quantitative estimate of drug-likeness (QED) is 0.506. The Hall–Kier alpha value is -3.53. The monoisotopic (exact) mass is 358 g/mol. The van der Waals surface area contributed by atoms with Crippen molar-refractivity contribution < 1.29 is 13.9 Å². The summed E-state index contributed by atoms with van der Waals surface area (Å²) in [5.41, 5.74) is 3.26. The van der Waals surface area contributed by atoms with Gasteiger partial charge in [0, 0.05) is 23.8 Å². The van der Waals surface area contributed by atoms with Gasteiger partial charge in [0.15, 0.2) is 5.43 Å². The van der Waals surface area contributed by atoms with Crippen LogP contribution in [0.2, 0.25) is 0 Å². The van der Waals surface area contributed by atoms with Crippen molar-refractivity contribution in [3.05, 3.63) is 83.0 Å². The second-order valence-corrected chi connectivity index (χ2v) is 6.12. The van der Waals surface area contributed by atoms with E-state index in [0.29, 0.717) is 28.2 Å². The van der Waals surface area contributed by atoms with Crippen molar-refractivity contribution >= 4 is 11.0 Å². The molecule has 4 heteroatoms. The lowest BCUT2D eigenvalue weighted by atomic mass is 10.0. The second kappa shape index (κ2) is 7.00. The molecular formula is C23H18O4. The maximum atomic E-state index is 12.7. The van der Waals surface area contributed by atoms with E-state index in [1.54, 1.807) is 19.2 Å². The summed E-state index contributed by atoms with van der Waals surface area (Å²) in [7, 11) is 3.08. The molecule has 0 radical (unpaired) electrons. The minimum absolute atomic E-state index is 0.157. The fourth-order valence-electron chi connectivity index (χ4n) is 3.13. The topological polar surface area (TPSA) is 48.7 Å². The predicted octanol–water partition coefficient (Wildman–Crippen LogP) is 5.14. The average molecular weight is 358 g/mol. The van der Waals surface area contributed by atoms with Gasteiger partial charge in [-0.2, -0.15) is 0 Å². The molecule has 134 valence electrons. The van der Waals surface area contributed by atoms with E-state index in [0.717, 1.165) is 16.7 Å². The Kier molecular flexibility index (Phi) is 4.38. The number of fused-ring (bicyclic) bond motifs is 1. The number of ether oxygens (including phenoxy) is 2. The van der Waals surface area contributed by atoms with Crippen molar-refractivity contribution in [2.24, 2.45) is 0 Å². The van der Waals surface area contributed by atoms with Crippen LogP contribution in [0.1, 0.15) is 0 Å². The predicted molar refractivity (Wildman–Crippen MR) is 106 cm³/mol. The van der Waals surface area contributed by atoms with Crippen LogP contribution >= 0.6 is 0 Å². The molecule has 0 aliphatic heterocycles. The Labute approximate surface area is 156 Å². The van der Waals surface area contributed by atoms with Crippen molar-refractivity contribution in [2.75, 3.05) is 14.2 Å². The van der Waals surface area contributed by atoms with E-state index in [4.69, 9.17) is 13.9 Å². The summed E-state index contributed by atoms with van der Waals surface area (Å²) in [4.78, 5) is 12.7. The third-order valence-corrected chi connectivity index (χ3v) is 4.48. The lowest BCUT2D eigenvalue weighted by Gasteiger charge is -2.10. The molecule has 0 amide bonds. The van der Waals surface area contributed by atoms with Crippen molar-refractivity contribution in [3.8, 4) is 33.9 Å². The van der Waals surface area contributed by atoms with Gasteiger partial charge in [0.1, 0.15) is 28.2 Å². The van der Waals surface area contributed by atoms with Gasteiger partial charge in [-0.25, -0.2) is 0 Å². The highest BCUT2D eigenvalue weighted by Crippen LogP contribution is 2.32. The standard InChI is InChI=1S/C23H18O4/c1-25-18-12-21(26-2)23-19(24)14-20(27-22(23)13-18)17-10-6-9-16(11-17)15-7-4-3-5-8-15/h3-14H,1-2H3. The highest BCUT2D eigenvalue weighted by molar-refractivity contribution is 5.86. The molecule has 0 fully saturated rings. The lowest BCUT2D eigenvalue weighted by Crippen LogP contribution is -2.03. The first-order valence-electron chi connectivity index (χ1n) is 8.55. The molecule has 1 heterocycles. The van der Waals surface area contributed by atoms with E-state index in [-0.39, 0.29) is 5.43 Å². The van der Waals surface area contributed by atoms with Crippen LogP contribution in [0.25, 0.3) is 33.4 Å². The van der Waals surface area contributed by atoms with Crippen molar-refractivity contribution in [3.63, 3.8) is 0 Å². The second-order valence-electron chi connectivity index (χ2n) is 6.12. The Bertz CT molecular complexity index is 1160. The van der Waals surface area contributed by atoms with E-state index >= 15 is 0 Å². The molecule has 0 unspecified atom stereocenters. The molecule has 3 aromatic carbocycles. The summed E-state index contributed by atoms with van der Waals surface area (Å²) in [6, 6.07) is 22.9. The van der Waals surface area contributed by atoms with Crippen molar-refractivity contribution in [2.45, 2.75) is 0 Å². The summed E-state index contributed by atoms with van der Waals surface area (Å²) in [6.07, 6.45) is 0. The van der Waals surface area contributed by atoms with Gasteiger partial charge < -0.3 is 13.9 Å². The number of methoxy groups -OCH3 is 2. The van der Waals surface area contributed by atoms with Gasteiger partial charge in [0.25, 0.3) is 0 Å². The Morgan fingerprint density at radius 1 is 0.741 bits per heavy atom. The summed E-state index contributed by atoms with van der Waals surface area (Å²) in [5, 5.41) is 0.404. The number of hydrogen-bond donors (Lipinski definition) is 0. The minimum atomic E-state index is -0.157.